The van der Waals surface area contributed by atoms with Crippen molar-refractivity contribution >= 4 is 27.0 Å². The summed E-state index contributed by atoms with van der Waals surface area (Å²) in [7, 11) is -3.52. The van der Waals surface area contributed by atoms with Crippen molar-refractivity contribution in [3.63, 3.8) is 0 Å². The molecular formula is C13H11NO2S2. The molecule has 3 nitrogen and oxygen atoms in total. The van der Waals surface area contributed by atoms with E-state index in [-0.39, 0.29) is 0 Å². The summed E-state index contributed by atoms with van der Waals surface area (Å²) >= 11 is 1.23. The zero-order valence-corrected chi connectivity index (χ0v) is 11.3. The summed E-state index contributed by atoms with van der Waals surface area (Å²) in [6, 6.07) is 10.1. The zero-order valence-electron chi connectivity index (χ0n) is 9.67. The first kappa shape index (κ1) is 12.7. The Labute approximate surface area is 111 Å². The highest BCUT2D eigenvalue weighted by molar-refractivity contribution is 7.94. The van der Waals surface area contributed by atoms with Gasteiger partial charge in [-0.2, -0.15) is 0 Å². The lowest BCUT2D eigenvalue weighted by Crippen LogP contribution is -2.11. The Morgan fingerprint density at radius 2 is 2.06 bits per heavy atom. The Hall–Kier alpha value is -1.77. The number of hydrogen-bond acceptors (Lipinski definition) is 3. The molecule has 0 saturated carbocycles. The van der Waals surface area contributed by atoms with Crippen LogP contribution in [0, 0.1) is 19.3 Å². The molecule has 18 heavy (non-hydrogen) atoms. The molecule has 0 saturated heterocycles. The molecule has 0 aliphatic rings. The van der Waals surface area contributed by atoms with E-state index in [2.05, 4.69) is 10.6 Å². The summed E-state index contributed by atoms with van der Waals surface area (Å²) in [4.78, 5) is 0.952. The summed E-state index contributed by atoms with van der Waals surface area (Å²) < 4.78 is 26.9. The summed E-state index contributed by atoms with van der Waals surface area (Å²) in [6.45, 7) is 1.86. The topological polar surface area (TPSA) is 46.2 Å². The predicted octanol–water partition coefficient (Wildman–Crippen LogP) is 2.84. The van der Waals surface area contributed by atoms with E-state index >= 15 is 0 Å². The van der Waals surface area contributed by atoms with Gasteiger partial charge in [-0.15, -0.1) is 17.8 Å². The molecule has 2 aromatic rings. The predicted molar refractivity (Wildman–Crippen MR) is 74.2 cm³/mol. The number of anilines is 1. The van der Waals surface area contributed by atoms with Crippen molar-refractivity contribution in [2.24, 2.45) is 0 Å². The number of nitrogens with one attached hydrogen (secondary N) is 1. The van der Waals surface area contributed by atoms with Crippen LogP contribution in [0.25, 0.3) is 0 Å². The van der Waals surface area contributed by atoms with Crippen molar-refractivity contribution in [3.05, 3.63) is 46.8 Å². The molecule has 0 spiro atoms. The Morgan fingerprint density at radius 1 is 1.28 bits per heavy atom. The molecule has 1 N–H and O–H groups in total. The second kappa shape index (κ2) is 4.84. The van der Waals surface area contributed by atoms with Gasteiger partial charge in [0.2, 0.25) is 0 Å². The summed E-state index contributed by atoms with van der Waals surface area (Å²) in [5.41, 5.74) is 1.11. The van der Waals surface area contributed by atoms with Crippen LogP contribution < -0.4 is 4.72 Å². The summed E-state index contributed by atoms with van der Waals surface area (Å²) in [5.74, 6) is 2.46. The van der Waals surface area contributed by atoms with Crippen molar-refractivity contribution < 1.29 is 8.42 Å². The van der Waals surface area contributed by atoms with Crippen LogP contribution in [-0.2, 0) is 10.0 Å². The number of hydrogen-bond donors (Lipinski definition) is 1. The second-order valence-electron chi connectivity index (χ2n) is 3.70. The number of benzene rings is 1. The molecule has 1 aromatic carbocycles. The maximum Gasteiger partial charge on any atom is 0.271 e. The van der Waals surface area contributed by atoms with E-state index in [9.17, 15) is 8.42 Å². The first-order valence-electron chi connectivity index (χ1n) is 5.17. The first-order valence-corrected chi connectivity index (χ1v) is 7.47. The molecule has 0 unspecified atom stereocenters. The number of aryl methyl sites for hydroxylation is 1. The second-order valence-corrected chi connectivity index (χ2v) is 6.89. The minimum atomic E-state index is -3.52. The van der Waals surface area contributed by atoms with Crippen LogP contribution in [0.3, 0.4) is 0 Å². The number of terminal acetylenes is 1. The smallest absolute Gasteiger partial charge is 0.271 e. The molecule has 1 aromatic heterocycles. The van der Waals surface area contributed by atoms with Crippen molar-refractivity contribution in [1.82, 2.24) is 0 Å². The van der Waals surface area contributed by atoms with Gasteiger partial charge >= 0.3 is 0 Å². The van der Waals surface area contributed by atoms with Crippen LogP contribution in [0.1, 0.15) is 10.4 Å². The SMILES string of the molecule is C#Cc1cccc(NS(=O)(=O)c2ccc(C)s2)c1. The van der Waals surface area contributed by atoms with Gasteiger partial charge in [-0.05, 0) is 37.3 Å². The Bertz CT molecular complexity index is 709. The molecule has 92 valence electrons. The van der Waals surface area contributed by atoms with E-state index < -0.39 is 10.0 Å². The van der Waals surface area contributed by atoms with E-state index in [1.165, 1.54) is 11.3 Å². The number of sulfonamides is 1. The van der Waals surface area contributed by atoms with Gasteiger partial charge in [0.15, 0.2) is 0 Å². The Kier molecular flexibility index (Phi) is 3.41. The fourth-order valence-electron chi connectivity index (χ4n) is 1.43. The van der Waals surface area contributed by atoms with Crippen LogP contribution in [0.4, 0.5) is 5.69 Å². The maximum atomic E-state index is 12.1. The molecule has 0 aliphatic heterocycles. The standard InChI is InChI=1S/C13H11NO2S2/c1-3-11-5-4-6-12(9-11)14-18(15,16)13-8-7-10(2)17-13/h1,4-9,14H,2H3. The van der Waals surface area contributed by atoms with Gasteiger partial charge in [0.1, 0.15) is 4.21 Å². The fourth-order valence-corrected chi connectivity index (χ4v) is 3.77. The maximum absolute atomic E-state index is 12.1. The minimum absolute atomic E-state index is 0.297. The molecule has 0 aliphatic carbocycles. The fraction of sp³-hybridized carbons (Fsp3) is 0.0769. The van der Waals surface area contributed by atoms with Gasteiger partial charge in [-0.1, -0.05) is 12.0 Å². The van der Waals surface area contributed by atoms with Crippen molar-refractivity contribution in [3.8, 4) is 12.3 Å². The van der Waals surface area contributed by atoms with Crippen molar-refractivity contribution in [1.29, 1.82) is 0 Å². The van der Waals surface area contributed by atoms with Crippen LogP contribution >= 0.6 is 11.3 Å². The Morgan fingerprint density at radius 3 is 2.67 bits per heavy atom. The highest BCUT2D eigenvalue weighted by atomic mass is 32.2. The normalized spacial score (nSPS) is 10.9. The van der Waals surface area contributed by atoms with Crippen LogP contribution in [0.15, 0.2) is 40.6 Å². The van der Waals surface area contributed by atoms with E-state index in [0.717, 1.165) is 4.88 Å². The highest BCUT2D eigenvalue weighted by Crippen LogP contribution is 2.23. The van der Waals surface area contributed by atoms with Gasteiger partial charge in [0, 0.05) is 10.4 Å². The molecule has 0 amide bonds. The third-order valence-electron chi connectivity index (χ3n) is 2.26. The molecule has 0 bridgehead atoms. The van der Waals surface area contributed by atoms with E-state index in [0.29, 0.717) is 15.5 Å². The molecule has 2 rings (SSSR count). The van der Waals surface area contributed by atoms with E-state index in [4.69, 9.17) is 6.42 Å². The lowest BCUT2D eigenvalue weighted by molar-refractivity contribution is 0.603. The molecular weight excluding hydrogens is 266 g/mol. The zero-order chi connectivity index (χ0) is 13.2. The minimum Gasteiger partial charge on any atom is -0.279 e. The largest absolute Gasteiger partial charge is 0.279 e. The lowest BCUT2D eigenvalue weighted by Gasteiger charge is -2.06. The molecule has 0 atom stereocenters. The van der Waals surface area contributed by atoms with Gasteiger partial charge < -0.3 is 0 Å². The highest BCUT2D eigenvalue weighted by Gasteiger charge is 2.16. The van der Waals surface area contributed by atoms with E-state index in [1.807, 2.05) is 6.92 Å². The van der Waals surface area contributed by atoms with Gasteiger partial charge in [0.25, 0.3) is 10.0 Å². The average molecular weight is 277 g/mol. The molecule has 0 fully saturated rings. The van der Waals surface area contributed by atoms with E-state index in [1.54, 1.807) is 36.4 Å². The molecule has 0 radical (unpaired) electrons. The van der Waals surface area contributed by atoms with Crippen LogP contribution in [0.5, 0.6) is 0 Å². The number of thiophene rings is 1. The van der Waals surface area contributed by atoms with Crippen molar-refractivity contribution in [2.75, 3.05) is 4.72 Å². The third kappa shape index (κ3) is 2.73. The summed E-state index contributed by atoms with van der Waals surface area (Å²) in [6.07, 6.45) is 5.27. The quantitative estimate of drug-likeness (QED) is 0.877. The Balaban J connectivity index is 2.31. The molecule has 1 heterocycles. The van der Waals surface area contributed by atoms with Crippen molar-refractivity contribution in [2.45, 2.75) is 11.1 Å². The number of rotatable bonds is 3. The van der Waals surface area contributed by atoms with Gasteiger partial charge in [-0.25, -0.2) is 8.42 Å². The molecule has 5 heteroatoms. The average Bonchev–Trinajstić information content (AvgIpc) is 2.76. The first-order chi connectivity index (χ1) is 8.51. The van der Waals surface area contributed by atoms with Gasteiger partial charge in [-0.3, -0.25) is 4.72 Å². The van der Waals surface area contributed by atoms with Crippen LogP contribution in [-0.4, -0.2) is 8.42 Å². The van der Waals surface area contributed by atoms with Crippen LogP contribution in [0.2, 0.25) is 0 Å². The lowest BCUT2D eigenvalue weighted by atomic mass is 10.2. The summed E-state index contributed by atoms with van der Waals surface area (Å²) in [5, 5.41) is 0. The third-order valence-corrected chi connectivity index (χ3v) is 5.14. The monoisotopic (exact) mass is 277 g/mol. The van der Waals surface area contributed by atoms with Gasteiger partial charge in [0.05, 0.1) is 5.69 Å².